The van der Waals surface area contributed by atoms with Gasteiger partial charge in [0.05, 0.1) is 0 Å². The van der Waals surface area contributed by atoms with Gasteiger partial charge in [0.2, 0.25) is 5.91 Å². The van der Waals surface area contributed by atoms with Crippen molar-refractivity contribution >= 4 is 24.9 Å². The first-order valence-electron chi connectivity index (χ1n) is 3.53. The van der Waals surface area contributed by atoms with Crippen molar-refractivity contribution in [3.8, 4) is 0 Å². The van der Waals surface area contributed by atoms with Gasteiger partial charge in [0.15, 0.2) is 0 Å². The number of hydrogen-bond donors (Lipinski definition) is 1. The highest BCUT2D eigenvalue weighted by atomic mass is 16.1. The Balaban J connectivity index is 2.74. The summed E-state index contributed by atoms with van der Waals surface area (Å²) in [7, 11) is 2.01. The molecule has 0 unspecified atom stereocenters. The van der Waals surface area contributed by atoms with Crippen LogP contribution in [-0.4, -0.2) is 13.8 Å². The number of hydrogen-bond acceptors (Lipinski definition) is 1. The van der Waals surface area contributed by atoms with Crippen LogP contribution in [0.2, 0.25) is 0 Å². The number of amides is 1. The smallest absolute Gasteiger partial charge is 0.221 e. The van der Waals surface area contributed by atoms with Crippen molar-refractivity contribution in [2.24, 2.45) is 0 Å². The number of nitrogens with one attached hydrogen (secondary N) is 1. The molecule has 11 heavy (non-hydrogen) atoms. The first-order valence-corrected chi connectivity index (χ1v) is 3.53. The zero-order chi connectivity index (χ0) is 8.27. The van der Waals surface area contributed by atoms with Gasteiger partial charge < -0.3 is 5.32 Å². The van der Waals surface area contributed by atoms with Crippen LogP contribution in [0, 0.1) is 0 Å². The van der Waals surface area contributed by atoms with E-state index in [2.05, 4.69) is 5.32 Å². The van der Waals surface area contributed by atoms with Gasteiger partial charge in [-0.05, 0) is 12.1 Å². The van der Waals surface area contributed by atoms with Crippen LogP contribution in [-0.2, 0) is 4.79 Å². The molecule has 1 aromatic rings. The van der Waals surface area contributed by atoms with Gasteiger partial charge in [-0.25, -0.2) is 0 Å². The second-order valence-electron chi connectivity index (χ2n) is 2.55. The van der Waals surface area contributed by atoms with Gasteiger partial charge in [-0.1, -0.05) is 17.6 Å². The molecule has 0 bridgehead atoms. The second kappa shape index (κ2) is 3.24. The summed E-state index contributed by atoms with van der Waals surface area (Å²) in [4.78, 5) is 10.6. The quantitative estimate of drug-likeness (QED) is 0.552. The number of carbonyl (C=O) groups excluding carboxylic acids is 1. The van der Waals surface area contributed by atoms with Crippen molar-refractivity contribution in [3.05, 3.63) is 24.3 Å². The van der Waals surface area contributed by atoms with E-state index in [0.717, 1.165) is 5.69 Å². The van der Waals surface area contributed by atoms with Crippen LogP contribution in [0.15, 0.2) is 24.3 Å². The molecule has 3 heteroatoms. The fraction of sp³-hybridized carbons (Fsp3) is 0.125. The maximum Gasteiger partial charge on any atom is 0.221 e. The summed E-state index contributed by atoms with van der Waals surface area (Å²) in [5.41, 5.74) is 2.04. The van der Waals surface area contributed by atoms with Crippen LogP contribution < -0.4 is 10.8 Å². The predicted octanol–water partition coefficient (Wildman–Crippen LogP) is -0.0966. The molecule has 1 rings (SSSR count). The van der Waals surface area contributed by atoms with E-state index >= 15 is 0 Å². The molecule has 1 aromatic carbocycles. The van der Waals surface area contributed by atoms with Gasteiger partial charge in [0.1, 0.15) is 7.85 Å². The second-order valence-corrected chi connectivity index (χ2v) is 2.55. The van der Waals surface area contributed by atoms with Crippen LogP contribution in [0.4, 0.5) is 5.69 Å². The zero-order valence-corrected chi connectivity index (χ0v) is 6.72. The Morgan fingerprint density at radius 1 is 1.36 bits per heavy atom. The number of benzene rings is 1. The maximum atomic E-state index is 10.6. The predicted molar refractivity (Wildman–Crippen MR) is 48.9 cm³/mol. The minimum absolute atomic E-state index is 0.0335. The standard InChI is InChI=1S/C8H10BNO/c1-6(11)10-8-4-2-7(9)3-5-8/h2-5H,9H2,1H3,(H,10,11). The average Bonchev–Trinajstić information content (AvgIpc) is 1.93. The minimum atomic E-state index is -0.0335. The summed E-state index contributed by atoms with van der Waals surface area (Å²) in [6.07, 6.45) is 0. The van der Waals surface area contributed by atoms with E-state index < -0.39 is 0 Å². The van der Waals surface area contributed by atoms with Crippen LogP contribution in [0.1, 0.15) is 6.92 Å². The molecule has 0 spiro atoms. The van der Waals surface area contributed by atoms with E-state index in [1.165, 1.54) is 12.4 Å². The molecule has 2 nitrogen and oxygen atoms in total. The largest absolute Gasteiger partial charge is 0.326 e. The fourth-order valence-electron chi connectivity index (χ4n) is 0.840. The summed E-state index contributed by atoms with van der Waals surface area (Å²) in [5, 5.41) is 2.69. The van der Waals surface area contributed by atoms with Crippen molar-refractivity contribution in [3.63, 3.8) is 0 Å². The normalized spacial score (nSPS) is 9.18. The molecule has 0 saturated heterocycles. The van der Waals surface area contributed by atoms with Crippen LogP contribution in [0.5, 0.6) is 0 Å². The molecule has 0 atom stereocenters. The van der Waals surface area contributed by atoms with Gasteiger partial charge >= 0.3 is 0 Å². The Hall–Kier alpha value is -1.25. The van der Waals surface area contributed by atoms with Crippen LogP contribution in [0.25, 0.3) is 0 Å². The summed E-state index contributed by atoms with van der Waals surface area (Å²) in [6.45, 7) is 1.50. The average molecular weight is 147 g/mol. The molecule has 0 aromatic heterocycles. The van der Waals surface area contributed by atoms with Gasteiger partial charge in [-0.15, -0.1) is 0 Å². The summed E-state index contributed by atoms with van der Waals surface area (Å²) in [6, 6.07) is 7.70. The number of anilines is 1. The van der Waals surface area contributed by atoms with Crippen LogP contribution >= 0.6 is 0 Å². The molecule has 0 aliphatic rings. The molecule has 0 saturated carbocycles. The number of rotatable bonds is 1. The molecular weight excluding hydrogens is 137 g/mol. The van der Waals surface area contributed by atoms with Crippen molar-refractivity contribution in [1.29, 1.82) is 0 Å². The fourth-order valence-corrected chi connectivity index (χ4v) is 0.840. The molecule has 56 valence electrons. The molecule has 0 heterocycles. The van der Waals surface area contributed by atoms with E-state index in [1.54, 1.807) is 0 Å². The van der Waals surface area contributed by atoms with E-state index in [1.807, 2.05) is 32.1 Å². The third-order valence-electron chi connectivity index (χ3n) is 1.37. The van der Waals surface area contributed by atoms with E-state index in [9.17, 15) is 4.79 Å². The summed E-state index contributed by atoms with van der Waals surface area (Å²) >= 11 is 0. The van der Waals surface area contributed by atoms with E-state index in [0.29, 0.717) is 0 Å². The molecule has 1 N–H and O–H groups in total. The van der Waals surface area contributed by atoms with Crippen molar-refractivity contribution in [2.75, 3.05) is 5.32 Å². The molecule has 1 amide bonds. The van der Waals surface area contributed by atoms with Crippen LogP contribution in [0.3, 0.4) is 0 Å². The topological polar surface area (TPSA) is 29.1 Å². The SMILES string of the molecule is Bc1ccc(NC(C)=O)cc1. The minimum Gasteiger partial charge on any atom is -0.326 e. The van der Waals surface area contributed by atoms with E-state index in [-0.39, 0.29) is 5.91 Å². The molecule has 0 aliphatic heterocycles. The zero-order valence-electron chi connectivity index (χ0n) is 6.72. The molecule has 0 fully saturated rings. The van der Waals surface area contributed by atoms with E-state index in [4.69, 9.17) is 0 Å². The lowest BCUT2D eigenvalue weighted by Gasteiger charge is -2.00. The highest BCUT2D eigenvalue weighted by Gasteiger charge is 1.92. The van der Waals surface area contributed by atoms with Crippen molar-refractivity contribution in [1.82, 2.24) is 0 Å². The monoisotopic (exact) mass is 147 g/mol. The van der Waals surface area contributed by atoms with Gasteiger partial charge in [0, 0.05) is 12.6 Å². The lowest BCUT2D eigenvalue weighted by atomic mass is 9.96. The first-order chi connectivity index (χ1) is 5.18. The summed E-state index contributed by atoms with van der Waals surface area (Å²) in [5.74, 6) is -0.0335. The molecule has 0 radical (unpaired) electrons. The highest BCUT2D eigenvalue weighted by Crippen LogP contribution is 2.02. The summed E-state index contributed by atoms with van der Waals surface area (Å²) < 4.78 is 0. The van der Waals surface area contributed by atoms with Gasteiger partial charge in [-0.3, -0.25) is 4.79 Å². The Kier molecular flexibility index (Phi) is 2.31. The maximum absolute atomic E-state index is 10.6. The lowest BCUT2D eigenvalue weighted by Crippen LogP contribution is -2.07. The lowest BCUT2D eigenvalue weighted by molar-refractivity contribution is -0.114. The highest BCUT2D eigenvalue weighted by molar-refractivity contribution is 6.32. The Morgan fingerprint density at radius 2 is 1.91 bits per heavy atom. The van der Waals surface area contributed by atoms with Crippen molar-refractivity contribution in [2.45, 2.75) is 6.92 Å². The molecule has 0 aliphatic carbocycles. The first kappa shape index (κ1) is 7.86. The Labute approximate surface area is 67.0 Å². The van der Waals surface area contributed by atoms with Gasteiger partial charge in [-0.2, -0.15) is 0 Å². The number of carbonyl (C=O) groups is 1. The van der Waals surface area contributed by atoms with Gasteiger partial charge in [0.25, 0.3) is 0 Å². The Bertz CT molecular complexity index is 255. The third-order valence-corrected chi connectivity index (χ3v) is 1.37. The molecular formula is C8H10BNO. The third kappa shape index (κ3) is 2.46. The Morgan fingerprint density at radius 3 is 2.36 bits per heavy atom. The van der Waals surface area contributed by atoms with Crippen molar-refractivity contribution < 1.29 is 4.79 Å².